The molecule has 0 spiro atoms. The van der Waals surface area contributed by atoms with Crippen molar-refractivity contribution in [3.8, 4) is 0 Å². The van der Waals surface area contributed by atoms with Gasteiger partial charge in [-0.25, -0.2) is 9.97 Å². The van der Waals surface area contributed by atoms with E-state index >= 15 is 0 Å². The van der Waals surface area contributed by atoms with Crippen LogP contribution in [-0.2, 0) is 6.54 Å². The summed E-state index contributed by atoms with van der Waals surface area (Å²) in [4.78, 5) is 8.61. The molecular weight excluding hydrogens is 164 g/mol. The Hall–Kier alpha value is -1.42. The summed E-state index contributed by atoms with van der Waals surface area (Å²) >= 11 is 0. The Balaban J connectivity index is 2.49. The predicted octanol–water partition coefficient (Wildman–Crippen LogP) is 0.757. The average Bonchev–Trinajstić information content (AvgIpc) is 2.46. The van der Waals surface area contributed by atoms with Crippen molar-refractivity contribution in [1.82, 2.24) is 19.7 Å². The first-order chi connectivity index (χ1) is 6.29. The fourth-order valence-electron chi connectivity index (χ4n) is 1.30. The van der Waals surface area contributed by atoms with Crippen LogP contribution >= 0.6 is 0 Å². The molecule has 68 valence electrons. The first-order valence-corrected chi connectivity index (χ1v) is 4.24. The van der Waals surface area contributed by atoms with Crippen LogP contribution in [0.5, 0.6) is 0 Å². The summed E-state index contributed by atoms with van der Waals surface area (Å²) in [5, 5.41) is 3.06. The van der Waals surface area contributed by atoms with Crippen LogP contribution in [0.25, 0.3) is 5.65 Å². The van der Waals surface area contributed by atoms with Gasteiger partial charge in [0.15, 0.2) is 0 Å². The Morgan fingerprint density at radius 1 is 1.54 bits per heavy atom. The number of nitrogens with zero attached hydrogens (tertiary/aromatic N) is 3. The van der Waals surface area contributed by atoms with E-state index in [0.717, 1.165) is 23.6 Å². The van der Waals surface area contributed by atoms with Crippen LogP contribution in [0.2, 0.25) is 0 Å². The molecule has 0 aliphatic heterocycles. The van der Waals surface area contributed by atoms with E-state index in [9.17, 15) is 0 Å². The molecule has 13 heavy (non-hydrogen) atoms. The zero-order chi connectivity index (χ0) is 9.26. The lowest BCUT2D eigenvalue weighted by molar-refractivity contribution is 0.798. The third-order valence-corrected chi connectivity index (χ3v) is 1.89. The van der Waals surface area contributed by atoms with Crippen LogP contribution in [0, 0.1) is 6.92 Å². The number of rotatable bonds is 2. The molecule has 0 aliphatic rings. The van der Waals surface area contributed by atoms with Crippen molar-refractivity contribution in [2.75, 3.05) is 7.05 Å². The van der Waals surface area contributed by atoms with Gasteiger partial charge in [0, 0.05) is 24.5 Å². The van der Waals surface area contributed by atoms with Gasteiger partial charge >= 0.3 is 0 Å². The summed E-state index contributed by atoms with van der Waals surface area (Å²) < 4.78 is 1.93. The molecule has 4 nitrogen and oxygen atoms in total. The maximum absolute atomic E-state index is 4.42. The van der Waals surface area contributed by atoms with Crippen LogP contribution in [0.3, 0.4) is 0 Å². The van der Waals surface area contributed by atoms with Crippen LogP contribution in [-0.4, -0.2) is 21.4 Å². The highest BCUT2D eigenvalue weighted by atomic mass is 15.0. The molecule has 4 heteroatoms. The highest BCUT2D eigenvalue weighted by Gasteiger charge is 2.00. The van der Waals surface area contributed by atoms with E-state index in [0.29, 0.717) is 0 Å². The monoisotopic (exact) mass is 176 g/mol. The fourth-order valence-corrected chi connectivity index (χ4v) is 1.30. The maximum atomic E-state index is 4.42. The van der Waals surface area contributed by atoms with E-state index < -0.39 is 0 Å². The Morgan fingerprint density at radius 3 is 3.15 bits per heavy atom. The summed E-state index contributed by atoms with van der Waals surface area (Å²) in [7, 11) is 1.91. The SMILES string of the molecule is CNCc1cn2cnc(C)cc2n1. The van der Waals surface area contributed by atoms with Crippen molar-refractivity contribution in [3.05, 3.63) is 30.0 Å². The zero-order valence-corrected chi connectivity index (χ0v) is 7.78. The Kier molecular flexibility index (Phi) is 1.98. The lowest BCUT2D eigenvalue weighted by Gasteiger charge is -1.91. The summed E-state index contributed by atoms with van der Waals surface area (Å²) in [5.41, 5.74) is 2.99. The molecule has 0 amide bonds. The lowest BCUT2D eigenvalue weighted by Crippen LogP contribution is -2.04. The minimum absolute atomic E-state index is 0.792. The second-order valence-electron chi connectivity index (χ2n) is 3.06. The van der Waals surface area contributed by atoms with Gasteiger partial charge in [-0.05, 0) is 14.0 Å². The number of nitrogens with one attached hydrogen (secondary N) is 1. The van der Waals surface area contributed by atoms with E-state index in [1.165, 1.54) is 0 Å². The highest BCUT2D eigenvalue weighted by Crippen LogP contribution is 2.04. The normalized spacial score (nSPS) is 10.9. The van der Waals surface area contributed by atoms with Crippen LogP contribution in [0.1, 0.15) is 11.4 Å². The minimum atomic E-state index is 0.792. The van der Waals surface area contributed by atoms with Crippen molar-refractivity contribution in [2.24, 2.45) is 0 Å². The summed E-state index contributed by atoms with van der Waals surface area (Å²) in [6.45, 7) is 2.76. The third-order valence-electron chi connectivity index (χ3n) is 1.89. The number of hydrogen-bond acceptors (Lipinski definition) is 3. The van der Waals surface area contributed by atoms with Crippen molar-refractivity contribution in [1.29, 1.82) is 0 Å². The molecule has 0 atom stereocenters. The molecule has 0 fully saturated rings. The van der Waals surface area contributed by atoms with E-state index in [2.05, 4.69) is 15.3 Å². The van der Waals surface area contributed by atoms with Crippen molar-refractivity contribution < 1.29 is 0 Å². The van der Waals surface area contributed by atoms with Gasteiger partial charge in [0.05, 0.1) is 5.69 Å². The zero-order valence-electron chi connectivity index (χ0n) is 7.78. The van der Waals surface area contributed by atoms with Gasteiger partial charge < -0.3 is 5.32 Å². The Bertz CT molecular complexity index is 418. The molecule has 0 aromatic carbocycles. The first-order valence-electron chi connectivity index (χ1n) is 4.24. The molecule has 0 aliphatic carbocycles. The van der Waals surface area contributed by atoms with Gasteiger partial charge in [-0.2, -0.15) is 0 Å². The second kappa shape index (κ2) is 3.14. The molecule has 0 radical (unpaired) electrons. The summed E-state index contributed by atoms with van der Waals surface area (Å²) in [5.74, 6) is 0. The number of imidazole rings is 1. The van der Waals surface area contributed by atoms with Gasteiger partial charge in [-0.1, -0.05) is 0 Å². The van der Waals surface area contributed by atoms with Gasteiger partial charge in [-0.3, -0.25) is 4.40 Å². The molecule has 2 heterocycles. The third kappa shape index (κ3) is 1.53. The molecule has 2 aromatic rings. The first kappa shape index (κ1) is 8.19. The van der Waals surface area contributed by atoms with Gasteiger partial charge in [0.2, 0.25) is 0 Å². The van der Waals surface area contributed by atoms with E-state index in [-0.39, 0.29) is 0 Å². The van der Waals surface area contributed by atoms with Crippen molar-refractivity contribution in [2.45, 2.75) is 13.5 Å². The molecule has 1 N–H and O–H groups in total. The van der Waals surface area contributed by atoms with Crippen LogP contribution in [0.4, 0.5) is 0 Å². The number of fused-ring (bicyclic) bond motifs is 1. The quantitative estimate of drug-likeness (QED) is 0.734. The van der Waals surface area contributed by atoms with Crippen LogP contribution < -0.4 is 5.32 Å². The standard InChI is InChI=1S/C9H12N4/c1-7-3-9-12-8(4-10-2)5-13(9)6-11-7/h3,5-6,10H,4H2,1-2H3. The number of aromatic nitrogens is 3. The largest absolute Gasteiger partial charge is 0.314 e. The molecule has 0 unspecified atom stereocenters. The molecule has 2 rings (SSSR count). The second-order valence-corrected chi connectivity index (χ2v) is 3.06. The van der Waals surface area contributed by atoms with Crippen molar-refractivity contribution in [3.63, 3.8) is 0 Å². The molecule has 0 saturated carbocycles. The minimum Gasteiger partial charge on any atom is -0.314 e. The van der Waals surface area contributed by atoms with Gasteiger partial charge in [-0.15, -0.1) is 0 Å². The van der Waals surface area contributed by atoms with E-state index in [1.54, 1.807) is 6.33 Å². The lowest BCUT2D eigenvalue weighted by atomic mass is 10.4. The predicted molar refractivity (Wildman–Crippen MR) is 50.5 cm³/mol. The van der Waals surface area contributed by atoms with Crippen LogP contribution in [0.15, 0.2) is 18.6 Å². The van der Waals surface area contributed by atoms with Gasteiger partial charge in [0.25, 0.3) is 0 Å². The molecular formula is C9H12N4. The average molecular weight is 176 g/mol. The fraction of sp³-hybridized carbons (Fsp3) is 0.333. The molecule has 0 saturated heterocycles. The van der Waals surface area contributed by atoms with E-state index in [4.69, 9.17) is 0 Å². The topological polar surface area (TPSA) is 42.2 Å². The highest BCUT2D eigenvalue weighted by molar-refractivity contribution is 5.40. The summed E-state index contributed by atoms with van der Waals surface area (Å²) in [6.07, 6.45) is 3.77. The molecule has 0 bridgehead atoms. The maximum Gasteiger partial charge on any atom is 0.140 e. The smallest absolute Gasteiger partial charge is 0.140 e. The number of hydrogen-bond donors (Lipinski definition) is 1. The Labute approximate surface area is 76.6 Å². The van der Waals surface area contributed by atoms with E-state index in [1.807, 2.05) is 30.6 Å². The van der Waals surface area contributed by atoms with Gasteiger partial charge in [0.1, 0.15) is 12.0 Å². The Morgan fingerprint density at radius 2 is 2.38 bits per heavy atom. The van der Waals surface area contributed by atoms with Crippen molar-refractivity contribution >= 4 is 5.65 Å². The molecule has 2 aromatic heterocycles. The summed E-state index contributed by atoms with van der Waals surface area (Å²) in [6, 6.07) is 1.97. The number of aryl methyl sites for hydroxylation is 1.